The van der Waals surface area contributed by atoms with Crippen molar-refractivity contribution in [3.63, 3.8) is 0 Å². The third-order valence-corrected chi connectivity index (χ3v) is 6.21. The first-order valence-corrected chi connectivity index (χ1v) is 11.2. The van der Waals surface area contributed by atoms with Gasteiger partial charge in [-0.3, -0.25) is 14.5 Å². The maximum atomic E-state index is 14.7. The standard InChI is InChI=1S/C21H26FN3O3S2/c1-12(2)24(13(3)4)6-5-7-25-16-9-14(10-17-20(27)23-21(29)30-17)8-15(22)19(16)28-11-18(25)26/h8-10,12-13H,5-7,11H2,1-4H3,(H,23,27,29). The summed E-state index contributed by atoms with van der Waals surface area (Å²) in [6.45, 7) is 9.69. The number of ether oxygens (including phenoxy) is 1. The van der Waals surface area contributed by atoms with Gasteiger partial charge >= 0.3 is 0 Å². The van der Waals surface area contributed by atoms with Crippen molar-refractivity contribution in [3.05, 3.63) is 28.4 Å². The van der Waals surface area contributed by atoms with Gasteiger partial charge in [0.25, 0.3) is 11.8 Å². The Morgan fingerprint density at radius 3 is 2.60 bits per heavy atom. The molecule has 0 radical (unpaired) electrons. The van der Waals surface area contributed by atoms with Crippen LogP contribution in [0.25, 0.3) is 6.08 Å². The summed E-state index contributed by atoms with van der Waals surface area (Å²) in [7, 11) is 0. The Balaban J connectivity index is 1.83. The van der Waals surface area contributed by atoms with Crippen LogP contribution < -0.4 is 15.0 Å². The largest absolute Gasteiger partial charge is 0.478 e. The number of hydrogen-bond acceptors (Lipinski definition) is 6. The molecule has 6 nitrogen and oxygen atoms in total. The van der Waals surface area contributed by atoms with Crippen LogP contribution in [0.5, 0.6) is 5.75 Å². The number of thioether (sulfide) groups is 1. The third-order valence-electron chi connectivity index (χ3n) is 5.04. The maximum absolute atomic E-state index is 14.7. The molecule has 162 valence electrons. The van der Waals surface area contributed by atoms with Gasteiger partial charge in [-0.25, -0.2) is 4.39 Å². The molecule has 3 rings (SSSR count). The summed E-state index contributed by atoms with van der Waals surface area (Å²) in [5, 5.41) is 2.54. The molecular formula is C21H26FN3O3S2. The van der Waals surface area contributed by atoms with Gasteiger partial charge in [-0.2, -0.15) is 0 Å². The van der Waals surface area contributed by atoms with Gasteiger partial charge in [-0.05, 0) is 57.9 Å². The molecule has 2 amide bonds. The first-order valence-electron chi connectivity index (χ1n) is 9.94. The number of fused-ring (bicyclic) bond motifs is 1. The normalized spacial score (nSPS) is 17.9. The van der Waals surface area contributed by atoms with Gasteiger partial charge in [0.2, 0.25) is 0 Å². The Hall–Kier alpha value is -1.97. The van der Waals surface area contributed by atoms with Crippen molar-refractivity contribution in [1.82, 2.24) is 10.2 Å². The molecule has 9 heteroatoms. The molecule has 0 aliphatic carbocycles. The molecule has 2 heterocycles. The van der Waals surface area contributed by atoms with E-state index in [2.05, 4.69) is 37.9 Å². The number of carbonyl (C=O) groups excluding carboxylic acids is 2. The molecule has 1 fully saturated rings. The van der Waals surface area contributed by atoms with Crippen molar-refractivity contribution in [2.45, 2.75) is 46.2 Å². The highest BCUT2D eigenvalue weighted by molar-refractivity contribution is 8.26. The lowest BCUT2D eigenvalue weighted by Crippen LogP contribution is -2.42. The number of anilines is 1. The fourth-order valence-electron chi connectivity index (χ4n) is 3.71. The van der Waals surface area contributed by atoms with Gasteiger partial charge < -0.3 is 15.0 Å². The van der Waals surface area contributed by atoms with Gasteiger partial charge in [0.05, 0.1) is 10.6 Å². The predicted octanol–water partition coefficient (Wildman–Crippen LogP) is 3.55. The smallest absolute Gasteiger partial charge is 0.265 e. The second kappa shape index (κ2) is 9.45. The highest BCUT2D eigenvalue weighted by Crippen LogP contribution is 2.37. The summed E-state index contributed by atoms with van der Waals surface area (Å²) in [5.74, 6) is -1.01. The summed E-state index contributed by atoms with van der Waals surface area (Å²) in [5.41, 5.74) is 0.868. The lowest BCUT2D eigenvalue weighted by atomic mass is 10.1. The number of benzene rings is 1. The van der Waals surface area contributed by atoms with Crippen LogP contribution in [0.1, 0.15) is 39.7 Å². The number of hydrogen-bond donors (Lipinski definition) is 1. The fraction of sp³-hybridized carbons (Fsp3) is 0.476. The number of amides is 2. The lowest BCUT2D eigenvalue weighted by molar-refractivity contribution is -0.121. The zero-order valence-corrected chi connectivity index (χ0v) is 19.2. The summed E-state index contributed by atoms with van der Waals surface area (Å²) < 4.78 is 20.4. The van der Waals surface area contributed by atoms with Gasteiger partial charge in [0.15, 0.2) is 18.2 Å². The Kier molecular flexibility index (Phi) is 7.15. The molecule has 1 N–H and O–H groups in total. The van der Waals surface area contributed by atoms with Gasteiger partial charge in [-0.15, -0.1) is 0 Å². The topological polar surface area (TPSA) is 61.9 Å². The molecule has 0 unspecified atom stereocenters. The van der Waals surface area contributed by atoms with Crippen LogP contribution in [0.4, 0.5) is 10.1 Å². The number of carbonyl (C=O) groups is 2. The van der Waals surface area contributed by atoms with Crippen LogP contribution in [0.2, 0.25) is 0 Å². The van der Waals surface area contributed by atoms with E-state index in [4.69, 9.17) is 17.0 Å². The summed E-state index contributed by atoms with van der Waals surface area (Å²) >= 11 is 6.12. The zero-order chi connectivity index (χ0) is 22.0. The highest BCUT2D eigenvalue weighted by atomic mass is 32.2. The number of thiocarbonyl (C=S) groups is 1. The third kappa shape index (κ3) is 5.01. The zero-order valence-electron chi connectivity index (χ0n) is 17.5. The van der Waals surface area contributed by atoms with E-state index in [9.17, 15) is 14.0 Å². The van der Waals surface area contributed by atoms with Crippen LogP contribution in [-0.4, -0.2) is 52.8 Å². The second-order valence-corrected chi connectivity index (χ2v) is 9.54. The molecule has 1 saturated heterocycles. The van der Waals surface area contributed by atoms with E-state index < -0.39 is 5.82 Å². The minimum atomic E-state index is -0.561. The maximum Gasteiger partial charge on any atom is 0.265 e. The Bertz CT molecular complexity index is 894. The molecule has 30 heavy (non-hydrogen) atoms. The van der Waals surface area contributed by atoms with Crippen molar-refractivity contribution in [2.24, 2.45) is 0 Å². The molecular weight excluding hydrogens is 425 g/mol. The van der Waals surface area contributed by atoms with E-state index >= 15 is 0 Å². The van der Waals surface area contributed by atoms with Crippen molar-refractivity contribution in [2.75, 3.05) is 24.6 Å². The van der Waals surface area contributed by atoms with Crippen LogP contribution in [0.3, 0.4) is 0 Å². The fourth-order valence-corrected chi connectivity index (χ4v) is 4.76. The predicted molar refractivity (Wildman–Crippen MR) is 122 cm³/mol. The van der Waals surface area contributed by atoms with Crippen molar-refractivity contribution in [1.29, 1.82) is 0 Å². The SMILES string of the molecule is CC(C)N(CCCN1C(=O)COc2c(F)cc(C=C3SC(=S)NC3=O)cc21)C(C)C. The van der Waals surface area contributed by atoms with Crippen LogP contribution >= 0.6 is 24.0 Å². The van der Waals surface area contributed by atoms with E-state index in [1.54, 1.807) is 17.0 Å². The minimum Gasteiger partial charge on any atom is -0.478 e. The molecule has 1 aromatic carbocycles. The molecule has 0 saturated carbocycles. The number of nitrogens with one attached hydrogen (secondary N) is 1. The number of halogens is 1. The van der Waals surface area contributed by atoms with Crippen LogP contribution in [0.15, 0.2) is 17.0 Å². The monoisotopic (exact) mass is 451 g/mol. The molecule has 0 atom stereocenters. The Morgan fingerprint density at radius 2 is 2.00 bits per heavy atom. The highest BCUT2D eigenvalue weighted by Gasteiger charge is 2.29. The van der Waals surface area contributed by atoms with Crippen LogP contribution in [-0.2, 0) is 9.59 Å². The van der Waals surface area contributed by atoms with Crippen LogP contribution in [0, 0.1) is 5.82 Å². The van der Waals surface area contributed by atoms with E-state index in [-0.39, 0.29) is 24.2 Å². The summed E-state index contributed by atoms with van der Waals surface area (Å²) in [6.07, 6.45) is 2.32. The summed E-state index contributed by atoms with van der Waals surface area (Å²) in [4.78, 5) is 28.8. The number of rotatable bonds is 7. The molecule has 2 aliphatic heterocycles. The van der Waals surface area contributed by atoms with E-state index in [0.29, 0.717) is 39.1 Å². The van der Waals surface area contributed by atoms with E-state index in [0.717, 1.165) is 24.7 Å². The minimum absolute atomic E-state index is 0.0698. The van der Waals surface area contributed by atoms with Crippen molar-refractivity contribution >= 4 is 51.9 Å². The van der Waals surface area contributed by atoms with Gasteiger partial charge in [0, 0.05) is 25.2 Å². The van der Waals surface area contributed by atoms with E-state index in [1.165, 1.54) is 6.07 Å². The van der Waals surface area contributed by atoms with Gasteiger partial charge in [-0.1, -0.05) is 24.0 Å². The van der Waals surface area contributed by atoms with Crippen molar-refractivity contribution in [3.8, 4) is 5.75 Å². The molecule has 0 spiro atoms. The average Bonchev–Trinajstić information content (AvgIpc) is 2.96. The first-order chi connectivity index (χ1) is 14.2. The molecule has 0 bridgehead atoms. The summed E-state index contributed by atoms with van der Waals surface area (Å²) in [6, 6.07) is 3.78. The van der Waals surface area contributed by atoms with Gasteiger partial charge in [0.1, 0.15) is 4.32 Å². The molecule has 2 aliphatic rings. The quantitative estimate of drug-likeness (QED) is 0.505. The number of nitrogens with zero attached hydrogens (tertiary/aromatic N) is 2. The van der Waals surface area contributed by atoms with Crippen molar-refractivity contribution < 1.29 is 18.7 Å². The second-order valence-electron chi connectivity index (χ2n) is 7.82. The molecule has 1 aromatic rings. The Morgan fingerprint density at radius 1 is 1.30 bits per heavy atom. The molecule has 0 aromatic heterocycles. The van der Waals surface area contributed by atoms with E-state index in [1.807, 2.05) is 0 Å². The average molecular weight is 452 g/mol. The first kappa shape index (κ1) is 22.7. The lowest BCUT2D eigenvalue weighted by Gasteiger charge is -2.33. The Labute approximate surface area is 185 Å².